The highest BCUT2D eigenvalue weighted by molar-refractivity contribution is 8.26. The number of carbonyl (C=O) groups excluding carboxylic acids is 2. The summed E-state index contributed by atoms with van der Waals surface area (Å²) >= 11 is 18.7. The number of halogens is 5. The number of thioether (sulfide) groups is 1. The molecule has 2 amide bonds. The van der Waals surface area contributed by atoms with E-state index in [0.717, 1.165) is 6.07 Å². The molecule has 2 aromatic carbocycles. The Morgan fingerprint density at radius 3 is 2.56 bits per heavy atom. The summed E-state index contributed by atoms with van der Waals surface area (Å²) in [6.45, 7) is 0.379. The van der Waals surface area contributed by atoms with Crippen LogP contribution in [0.5, 0.6) is 0 Å². The Labute approximate surface area is 214 Å². The highest BCUT2D eigenvalue weighted by Crippen LogP contribution is 2.36. The van der Waals surface area contributed by atoms with Gasteiger partial charge in [-0.15, -0.1) is 0 Å². The van der Waals surface area contributed by atoms with Gasteiger partial charge in [-0.25, -0.2) is 0 Å². The minimum atomic E-state index is -4.55. The van der Waals surface area contributed by atoms with E-state index in [1.54, 1.807) is 24.3 Å². The van der Waals surface area contributed by atoms with Crippen LogP contribution in [0.15, 0.2) is 47.4 Å². The molecule has 1 aliphatic rings. The summed E-state index contributed by atoms with van der Waals surface area (Å²) in [7, 11) is 0. The topological polar surface area (TPSA) is 49.4 Å². The van der Waals surface area contributed by atoms with Crippen molar-refractivity contribution in [2.24, 2.45) is 0 Å². The van der Waals surface area contributed by atoms with Gasteiger partial charge in [0.2, 0.25) is 5.91 Å². The second kappa shape index (κ2) is 11.6. The highest BCUT2D eigenvalue weighted by Gasteiger charge is 2.34. The van der Waals surface area contributed by atoms with Crippen LogP contribution in [0.4, 0.5) is 18.9 Å². The van der Waals surface area contributed by atoms with Crippen LogP contribution in [0.1, 0.15) is 36.8 Å². The molecule has 0 atom stereocenters. The van der Waals surface area contributed by atoms with E-state index in [4.69, 9.17) is 35.4 Å². The zero-order chi connectivity index (χ0) is 24.9. The van der Waals surface area contributed by atoms with Crippen LogP contribution in [0.25, 0.3) is 6.08 Å². The second-order valence-electron chi connectivity index (χ2n) is 7.38. The molecule has 0 unspecified atom stereocenters. The third-order valence-corrected chi connectivity index (χ3v) is 7.15. The third-order valence-electron chi connectivity index (χ3n) is 4.93. The number of carbonyl (C=O) groups is 2. The number of benzene rings is 2. The first-order valence-corrected chi connectivity index (χ1v) is 12.2. The fourth-order valence-electron chi connectivity index (χ4n) is 3.25. The first-order chi connectivity index (χ1) is 16.1. The van der Waals surface area contributed by atoms with E-state index in [1.165, 1.54) is 34.9 Å². The summed E-state index contributed by atoms with van der Waals surface area (Å²) < 4.78 is 39.5. The van der Waals surface area contributed by atoms with Gasteiger partial charge in [0.1, 0.15) is 4.32 Å². The molecular weight excluding hydrogens is 528 g/mol. The minimum Gasteiger partial charge on any atom is -0.326 e. The fourth-order valence-corrected chi connectivity index (χ4v) is 4.91. The Balaban J connectivity index is 1.47. The van der Waals surface area contributed by atoms with Crippen molar-refractivity contribution in [3.8, 4) is 0 Å². The van der Waals surface area contributed by atoms with Gasteiger partial charge in [-0.1, -0.05) is 77.9 Å². The number of unbranched alkanes of at least 4 members (excludes halogenated alkanes) is 2. The molecule has 1 heterocycles. The largest absolute Gasteiger partial charge is 0.418 e. The van der Waals surface area contributed by atoms with E-state index in [2.05, 4.69) is 5.32 Å². The maximum absolute atomic E-state index is 13.0. The third kappa shape index (κ3) is 6.75. The molecule has 1 fully saturated rings. The van der Waals surface area contributed by atoms with Crippen LogP contribution in [0, 0.1) is 0 Å². The van der Waals surface area contributed by atoms with Gasteiger partial charge in [0.25, 0.3) is 5.91 Å². The molecule has 4 nitrogen and oxygen atoms in total. The maximum atomic E-state index is 13.0. The summed E-state index contributed by atoms with van der Waals surface area (Å²) in [6, 6.07) is 9.99. The average molecular weight is 547 g/mol. The lowest BCUT2D eigenvalue weighted by atomic mass is 10.1. The number of para-hydroxylation sites is 1. The minimum absolute atomic E-state index is 0.0672. The van der Waals surface area contributed by atoms with Crippen LogP contribution in [-0.4, -0.2) is 27.6 Å². The molecule has 1 saturated heterocycles. The zero-order valence-electron chi connectivity index (χ0n) is 17.6. The van der Waals surface area contributed by atoms with E-state index >= 15 is 0 Å². The van der Waals surface area contributed by atoms with Crippen LogP contribution in [-0.2, 0) is 15.8 Å². The van der Waals surface area contributed by atoms with Crippen molar-refractivity contribution in [1.82, 2.24) is 4.90 Å². The maximum Gasteiger partial charge on any atom is 0.418 e. The van der Waals surface area contributed by atoms with Crippen LogP contribution < -0.4 is 5.32 Å². The molecule has 34 heavy (non-hydrogen) atoms. The summed E-state index contributed by atoms with van der Waals surface area (Å²) in [6.07, 6.45) is -1.18. The zero-order valence-corrected chi connectivity index (χ0v) is 20.8. The first kappa shape index (κ1) is 26.5. The quantitative estimate of drug-likeness (QED) is 0.212. The molecule has 0 bridgehead atoms. The molecule has 1 N–H and O–H groups in total. The number of nitrogens with zero attached hydrogens (tertiary/aromatic N) is 1. The summed E-state index contributed by atoms with van der Waals surface area (Å²) in [5.74, 6) is -0.726. The molecule has 180 valence electrons. The molecule has 0 spiro atoms. The number of amides is 2. The lowest BCUT2D eigenvalue weighted by Gasteiger charge is -2.14. The van der Waals surface area contributed by atoms with Crippen molar-refractivity contribution in [2.45, 2.75) is 31.9 Å². The Morgan fingerprint density at radius 2 is 1.82 bits per heavy atom. The summed E-state index contributed by atoms with van der Waals surface area (Å²) in [5, 5.41) is 3.06. The molecule has 0 aromatic heterocycles. The van der Waals surface area contributed by atoms with E-state index in [1.807, 2.05) is 0 Å². The van der Waals surface area contributed by atoms with E-state index in [-0.39, 0.29) is 18.0 Å². The first-order valence-electron chi connectivity index (χ1n) is 10.2. The number of hydrogen-bond donors (Lipinski definition) is 1. The predicted molar refractivity (Wildman–Crippen MR) is 135 cm³/mol. The van der Waals surface area contributed by atoms with Crippen LogP contribution in [0.3, 0.4) is 0 Å². The number of thiocarbonyl (C=S) groups is 1. The average Bonchev–Trinajstić information content (AvgIpc) is 3.03. The summed E-state index contributed by atoms with van der Waals surface area (Å²) in [5.41, 5.74) is -0.526. The Kier molecular flexibility index (Phi) is 9.03. The molecule has 1 aliphatic heterocycles. The molecule has 2 aromatic rings. The monoisotopic (exact) mass is 546 g/mol. The molecule has 0 aliphatic carbocycles. The Morgan fingerprint density at radius 1 is 1.09 bits per heavy atom. The smallest absolute Gasteiger partial charge is 0.326 e. The van der Waals surface area contributed by atoms with E-state index in [0.29, 0.717) is 50.6 Å². The lowest BCUT2D eigenvalue weighted by Crippen LogP contribution is -2.29. The van der Waals surface area contributed by atoms with E-state index in [9.17, 15) is 22.8 Å². The summed E-state index contributed by atoms with van der Waals surface area (Å²) in [4.78, 5) is 26.7. The lowest BCUT2D eigenvalue weighted by molar-refractivity contribution is -0.137. The number of nitrogens with one attached hydrogen (secondary N) is 1. The van der Waals surface area contributed by atoms with Gasteiger partial charge in [-0.3, -0.25) is 14.5 Å². The van der Waals surface area contributed by atoms with Gasteiger partial charge < -0.3 is 5.32 Å². The van der Waals surface area contributed by atoms with Crippen molar-refractivity contribution in [1.29, 1.82) is 0 Å². The normalized spacial score (nSPS) is 15.3. The molecule has 0 radical (unpaired) electrons. The Hall–Kier alpha value is -2.07. The van der Waals surface area contributed by atoms with Crippen molar-refractivity contribution in [3.05, 3.63) is 68.5 Å². The molecule has 11 heteroatoms. The van der Waals surface area contributed by atoms with Crippen molar-refractivity contribution < 1.29 is 22.8 Å². The molecular formula is C23H19Cl2F3N2O2S2. The molecule has 0 saturated carbocycles. The number of alkyl halides is 3. The van der Waals surface area contributed by atoms with Gasteiger partial charge in [0.15, 0.2) is 0 Å². The van der Waals surface area contributed by atoms with Crippen LogP contribution >= 0.6 is 47.2 Å². The van der Waals surface area contributed by atoms with Gasteiger partial charge >= 0.3 is 6.18 Å². The number of anilines is 1. The SMILES string of the molecule is O=C(CCCCCN1C(=O)/C(=C/c2cccc(Cl)c2Cl)SC1=S)Nc1ccccc1C(F)(F)F. The van der Waals surface area contributed by atoms with Crippen LogP contribution in [0.2, 0.25) is 10.0 Å². The number of hydrogen-bond acceptors (Lipinski definition) is 4. The Bertz CT molecular complexity index is 1140. The standard InChI is InChI=1S/C23H19Cl2F3N2O2S2/c24-16-9-6-7-14(20(16)25)13-18-21(32)30(22(33)34-18)12-5-1-2-11-19(31)29-17-10-4-3-8-15(17)23(26,27)28/h3-4,6-10,13H,1-2,5,11-12H2,(H,29,31)/b18-13-. The van der Waals surface area contributed by atoms with Crippen molar-refractivity contribution >= 4 is 75.1 Å². The van der Waals surface area contributed by atoms with Gasteiger partial charge in [-0.05, 0) is 42.7 Å². The van der Waals surface area contributed by atoms with Crippen molar-refractivity contribution in [3.63, 3.8) is 0 Å². The number of rotatable bonds is 8. The van der Waals surface area contributed by atoms with Crippen molar-refractivity contribution in [2.75, 3.05) is 11.9 Å². The van der Waals surface area contributed by atoms with Gasteiger partial charge in [0.05, 0.1) is 26.2 Å². The second-order valence-corrected chi connectivity index (χ2v) is 9.84. The molecule has 3 rings (SSSR count). The van der Waals surface area contributed by atoms with Gasteiger partial charge in [0, 0.05) is 13.0 Å². The highest BCUT2D eigenvalue weighted by atomic mass is 35.5. The fraction of sp³-hybridized carbons (Fsp3) is 0.261. The predicted octanol–water partition coefficient (Wildman–Crippen LogP) is 7.41. The van der Waals surface area contributed by atoms with Gasteiger partial charge in [-0.2, -0.15) is 13.2 Å². The van der Waals surface area contributed by atoms with E-state index < -0.39 is 17.6 Å².